The summed E-state index contributed by atoms with van der Waals surface area (Å²) in [6.07, 6.45) is 0. The Kier molecular flexibility index (Phi) is 2.16. The number of halogens is 1. The van der Waals surface area contributed by atoms with Gasteiger partial charge in [-0.2, -0.15) is 5.26 Å². The van der Waals surface area contributed by atoms with Crippen molar-refractivity contribution in [2.75, 3.05) is 0 Å². The van der Waals surface area contributed by atoms with Crippen LogP contribution in [0.25, 0.3) is 0 Å². The summed E-state index contributed by atoms with van der Waals surface area (Å²) >= 11 is 3.91. The molecule has 0 atom stereocenters. The zero-order valence-electron chi connectivity index (χ0n) is 5.93. The van der Waals surface area contributed by atoms with E-state index in [9.17, 15) is 4.39 Å². The van der Waals surface area contributed by atoms with Crippen molar-refractivity contribution in [3.05, 3.63) is 29.1 Å². The maximum absolute atomic E-state index is 12.8. The lowest BCUT2D eigenvalue weighted by Gasteiger charge is -1.99. The number of nitriles is 1. The predicted molar refractivity (Wildman–Crippen MR) is 43.1 cm³/mol. The van der Waals surface area contributed by atoms with E-state index in [1.54, 1.807) is 13.0 Å². The van der Waals surface area contributed by atoms with E-state index in [2.05, 4.69) is 12.6 Å². The lowest BCUT2D eigenvalue weighted by molar-refractivity contribution is 0.599. The Morgan fingerprint density at radius 3 is 2.64 bits per heavy atom. The Balaban J connectivity index is 3.35. The number of hydrogen-bond acceptors (Lipinski definition) is 2. The number of rotatable bonds is 0. The van der Waals surface area contributed by atoms with E-state index >= 15 is 0 Å². The standard InChI is InChI=1S/C8H6FNS/c1-5-2-6(4-10)3-7(9)8(5)11/h2-3,11H,1H3. The number of hydrogen-bond donors (Lipinski definition) is 1. The van der Waals surface area contributed by atoms with Gasteiger partial charge in [-0.15, -0.1) is 12.6 Å². The zero-order chi connectivity index (χ0) is 8.43. The second kappa shape index (κ2) is 2.93. The summed E-state index contributed by atoms with van der Waals surface area (Å²) in [6.45, 7) is 1.71. The number of thiol groups is 1. The van der Waals surface area contributed by atoms with Gasteiger partial charge in [-0.25, -0.2) is 4.39 Å². The van der Waals surface area contributed by atoms with Crippen LogP contribution in [-0.2, 0) is 0 Å². The second-order valence-electron chi connectivity index (χ2n) is 2.24. The molecule has 0 bridgehead atoms. The highest BCUT2D eigenvalue weighted by Gasteiger charge is 2.02. The third kappa shape index (κ3) is 1.52. The summed E-state index contributed by atoms with van der Waals surface area (Å²) in [5, 5.41) is 8.44. The minimum atomic E-state index is -0.440. The van der Waals surface area contributed by atoms with Crippen LogP contribution in [0.5, 0.6) is 0 Å². The average Bonchev–Trinajstić information content (AvgIpc) is 1.99. The molecule has 3 heteroatoms. The Morgan fingerprint density at radius 1 is 1.55 bits per heavy atom. The molecule has 0 aliphatic rings. The van der Waals surface area contributed by atoms with Crippen molar-refractivity contribution in [2.24, 2.45) is 0 Å². The number of benzene rings is 1. The summed E-state index contributed by atoms with van der Waals surface area (Å²) in [5.74, 6) is -0.440. The molecule has 0 saturated heterocycles. The van der Waals surface area contributed by atoms with Crippen molar-refractivity contribution in [1.82, 2.24) is 0 Å². The van der Waals surface area contributed by atoms with Gasteiger partial charge < -0.3 is 0 Å². The molecule has 0 heterocycles. The molecule has 0 aliphatic carbocycles. The summed E-state index contributed by atoms with van der Waals surface area (Å²) in [6, 6.07) is 4.64. The molecule has 11 heavy (non-hydrogen) atoms. The molecule has 56 valence electrons. The first-order chi connectivity index (χ1) is 5.15. The van der Waals surface area contributed by atoms with Gasteiger partial charge in [0.25, 0.3) is 0 Å². The number of aryl methyl sites for hydroxylation is 1. The van der Waals surface area contributed by atoms with Crippen molar-refractivity contribution in [3.8, 4) is 6.07 Å². The lowest BCUT2D eigenvalue weighted by Crippen LogP contribution is -1.85. The van der Waals surface area contributed by atoms with Crippen molar-refractivity contribution in [1.29, 1.82) is 5.26 Å². The SMILES string of the molecule is Cc1cc(C#N)cc(F)c1S. The molecule has 0 saturated carbocycles. The van der Waals surface area contributed by atoms with E-state index in [1.807, 2.05) is 6.07 Å². The van der Waals surface area contributed by atoms with Gasteiger partial charge in [0.2, 0.25) is 0 Å². The van der Waals surface area contributed by atoms with E-state index in [0.29, 0.717) is 16.0 Å². The van der Waals surface area contributed by atoms with E-state index in [1.165, 1.54) is 6.07 Å². The van der Waals surface area contributed by atoms with Crippen molar-refractivity contribution < 1.29 is 4.39 Å². The predicted octanol–water partition coefficient (Wildman–Crippen LogP) is 2.29. The average molecular weight is 167 g/mol. The van der Waals surface area contributed by atoms with Crippen molar-refractivity contribution in [2.45, 2.75) is 11.8 Å². The Hall–Kier alpha value is -1.01. The highest BCUT2D eigenvalue weighted by atomic mass is 32.1. The molecule has 0 fully saturated rings. The van der Waals surface area contributed by atoms with Gasteiger partial charge in [0, 0.05) is 4.90 Å². The molecule has 0 N–H and O–H groups in total. The molecule has 1 nitrogen and oxygen atoms in total. The maximum Gasteiger partial charge on any atom is 0.138 e. The van der Waals surface area contributed by atoms with Gasteiger partial charge >= 0.3 is 0 Å². The van der Waals surface area contributed by atoms with Gasteiger partial charge in [0.05, 0.1) is 11.6 Å². The zero-order valence-corrected chi connectivity index (χ0v) is 6.82. The summed E-state index contributed by atoms with van der Waals surface area (Å²) in [4.78, 5) is 0.309. The third-order valence-electron chi connectivity index (χ3n) is 1.38. The lowest BCUT2D eigenvalue weighted by atomic mass is 10.1. The minimum absolute atomic E-state index is 0.309. The third-order valence-corrected chi connectivity index (χ3v) is 1.95. The van der Waals surface area contributed by atoms with Crippen LogP contribution in [0.4, 0.5) is 4.39 Å². The van der Waals surface area contributed by atoms with E-state index < -0.39 is 5.82 Å². The molecule has 1 aromatic rings. The van der Waals surface area contributed by atoms with Crippen LogP contribution in [0.2, 0.25) is 0 Å². The highest BCUT2D eigenvalue weighted by Crippen LogP contribution is 2.18. The quantitative estimate of drug-likeness (QED) is 0.589. The van der Waals surface area contributed by atoms with Gasteiger partial charge in [-0.05, 0) is 24.6 Å². The van der Waals surface area contributed by atoms with Gasteiger partial charge in [-0.3, -0.25) is 0 Å². The number of nitrogens with zero attached hydrogens (tertiary/aromatic N) is 1. The second-order valence-corrected chi connectivity index (χ2v) is 2.68. The topological polar surface area (TPSA) is 23.8 Å². The first kappa shape index (κ1) is 8.09. The van der Waals surface area contributed by atoms with Crippen LogP contribution in [0, 0.1) is 24.1 Å². The molecule has 0 aromatic heterocycles. The fraction of sp³-hybridized carbons (Fsp3) is 0.125. The maximum atomic E-state index is 12.8. The van der Waals surface area contributed by atoms with Crippen LogP contribution in [-0.4, -0.2) is 0 Å². The molecular weight excluding hydrogens is 161 g/mol. The van der Waals surface area contributed by atoms with Gasteiger partial charge in [0.15, 0.2) is 0 Å². The van der Waals surface area contributed by atoms with E-state index in [-0.39, 0.29) is 0 Å². The van der Waals surface area contributed by atoms with Gasteiger partial charge in [0.1, 0.15) is 5.82 Å². The Labute approximate surface area is 69.9 Å². The van der Waals surface area contributed by atoms with E-state index in [0.717, 1.165) is 0 Å². The Bertz CT molecular complexity index is 304. The molecule has 0 amide bonds. The molecular formula is C8H6FNS. The van der Waals surface area contributed by atoms with Crippen LogP contribution >= 0.6 is 12.6 Å². The largest absolute Gasteiger partial charge is 0.206 e. The monoisotopic (exact) mass is 167 g/mol. The minimum Gasteiger partial charge on any atom is -0.206 e. The van der Waals surface area contributed by atoms with E-state index in [4.69, 9.17) is 5.26 Å². The van der Waals surface area contributed by atoms with Gasteiger partial charge in [-0.1, -0.05) is 0 Å². The first-order valence-corrected chi connectivity index (χ1v) is 3.49. The van der Waals surface area contributed by atoms with Crippen molar-refractivity contribution >= 4 is 12.6 Å². The van der Waals surface area contributed by atoms with Crippen LogP contribution in [0.3, 0.4) is 0 Å². The Morgan fingerprint density at radius 2 is 2.18 bits per heavy atom. The molecule has 0 unspecified atom stereocenters. The molecule has 1 aromatic carbocycles. The molecule has 0 aliphatic heterocycles. The highest BCUT2D eigenvalue weighted by molar-refractivity contribution is 7.80. The fourth-order valence-corrected chi connectivity index (χ4v) is 0.930. The summed E-state index contributed by atoms with van der Waals surface area (Å²) in [7, 11) is 0. The summed E-state index contributed by atoms with van der Waals surface area (Å²) in [5.41, 5.74) is 1.02. The summed E-state index contributed by atoms with van der Waals surface area (Å²) < 4.78 is 12.8. The molecule has 0 spiro atoms. The fourth-order valence-electron chi connectivity index (χ4n) is 0.801. The van der Waals surface area contributed by atoms with Crippen molar-refractivity contribution in [3.63, 3.8) is 0 Å². The smallest absolute Gasteiger partial charge is 0.138 e. The first-order valence-electron chi connectivity index (χ1n) is 3.04. The molecule has 0 radical (unpaired) electrons. The van der Waals surface area contributed by atoms with Crippen LogP contribution in [0.1, 0.15) is 11.1 Å². The molecule has 1 rings (SSSR count). The normalized spacial score (nSPS) is 9.27. The van der Waals surface area contributed by atoms with Crippen LogP contribution < -0.4 is 0 Å². The van der Waals surface area contributed by atoms with Crippen LogP contribution in [0.15, 0.2) is 17.0 Å².